The van der Waals surface area contributed by atoms with Gasteiger partial charge in [-0.2, -0.15) is 0 Å². The quantitative estimate of drug-likeness (QED) is 0.813. The minimum Gasteiger partial charge on any atom is -0.446 e. The van der Waals surface area contributed by atoms with Gasteiger partial charge in [-0.25, -0.2) is 4.98 Å². The molecule has 0 amide bonds. The maximum atomic E-state index is 5.58. The summed E-state index contributed by atoms with van der Waals surface area (Å²) in [6, 6.07) is 6.25. The first-order valence-electron chi connectivity index (χ1n) is 4.92. The lowest BCUT2D eigenvalue weighted by molar-refractivity contribution is 0.507. The lowest BCUT2D eigenvalue weighted by Crippen LogP contribution is -1.97. The first-order chi connectivity index (χ1) is 7.22. The van der Waals surface area contributed by atoms with Crippen LogP contribution in [0.2, 0.25) is 0 Å². The topological polar surface area (TPSA) is 52.0 Å². The molecule has 0 spiro atoms. The van der Waals surface area contributed by atoms with Gasteiger partial charge in [-0.3, -0.25) is 0 Å². The second-order valence-corrected chi connectivity index (χ2v) is 3.65. The van der Waals surface area contributed by atoms with Crippen molar-refractivity contribution in [2.75, 3.05) is 0 Å². The minimum absolute atomic E-state index is 0.378. The van der Waals surface area contributed by atoms with Crippen molar-refractivity contribution in [3.63, 3.8) is 0 Å². The maximum Gasteiger partial charge on any atom is 0.181 e. The molecule has 3 nitrogen and oxygen atoms in total. The Bertz CT molecular complexity index is 474. The number of nitrogens with zero attached hydrogens (tertiary/aromatic N) is 1. The highest BCUT2D eigenvalue weighted by molar-refractivity contribution is 5.65. The second kappa shape index (κ2) is 3.87. The summed E-state index contributed by atoms with van der Waals surface area (Å²) in [5.41, 5.74) is 9.97. The van der Waals surface area contributed by atoms with Crippen molar-refractivity contribution in [2.45, 2.75) is 20.4 Å². The molecule has 0 fully saturated rings. The zero-order valence-electron chi connectivity index (χ0n) is 8.95. The largest absolute Gasteiger partial charge is 0.446 e. The van der Waals surface area contributed by atoms with Crippen LogP contribution in [-0.4, -0.2) is 4.98 Å². The molecule has 0 radical (unpaired) electrons. The van der Waals surface area contributed by atoms with E-state index < -0.39 is 0 Å². The van der Waals surface area contributed by atoms with Gasteiger partial charge in [0.15, 0.2) is 6.39 Å². The van der Waals surface area contributed by atoms with Crippen LogP contribution in [0, 0.1) is 13.8 Å². The van der Waals surface area contributed by atoms with Gasteiger partial charge in [-0.15, -0.1) is 0 Å². The molecule has 2 N–H and O–H groups in total. The van der Waals surface area contributed by atoms with Gasteiger partial charge in [0.2, 0.25) is 0 Å². The average Bonchev–Trinajstić information content (AvgIpc) is 2.65. The van der Waals surface area contributed by atoms with Crippen molar-refractivity contribution < 1.29 is 4.42 Å². The molecule has 0 bridgehead atoms. The standard InChI is InChI=1S/C12H14N2O/c1-8-3-4-10(9(2)5-8)12-11(6-13)15-7-14-12/h3-5,7H,6,13H2,1-2H3. The molecule has 1 aromatic carbocycles. The molecular weight excluding hydrogens is 188 g/mol. The molecule has 1 heterocycles. The number of hydrogen-bond acceptors (Lipinski definition) is 3. The van der Waals surface area contributed by atoms with Gasteiger partial charge in [0, 0.05) is 5.56 Å². The smallest absolute Gasteiger partial charge is 0.181 e. The van der Waals surface area contributed by atoms with Gasteiger partial charge in [-0.05, 0) is 19.4 Å². The Balaban J connectivity index is 2.54. The first kappa shape index (κ1) is 9.93. The Labute approximate surface area is 88.9 Å². The fourth-order valence-corrected chi connectivity index (χ4v) is 1.71. The highest BCUT2D eigenvalue weighted by Crippen LogP contribution is 2.25. The van der Waals surface area contributed by atoms with Crippen LogP contribution in [0.4, 0.5) is 0 Å². The molecule has 2 rings (SSSR count). The third-order valence-electron chi connectivity index (χ3n) is 2.46. The van der Waals surface area contributed by atoms with Crippen molar-refractivity contribution in [1.29, 1.82) is 0 Å². The van der Waals surface area contributed by atoms with Crippen LogP contribution >= 0.6 is 0 Å². The molecule has 0 unspecified atom stereocenters. The van der Waals surface area contributed by atoms with Gasteiger partial charge in [0.05, 0.1) is 6.54 Å². The average molecular weight is 202 g/mol. The lowest BCUT2D eigenvalue weighted by Gasteiger charge is -2.04. The van der Waals surface area contributed by atoms with Gasteiger partial charge >= 0.3 is 0 Å². The van der Waals surface area contributed by atoms with E-state index in [1.165, 1.54) is 17.5 Å². The number of rotatable bonds is 2. The van der Waals surface area contributed by atoms with Gasteiger partial charge in [0.1, 0.15) is 11.5 Å². The van der Waals surface area contributed by atoms with E-state index in [-0.39, 0.29) is 0 Å². The number of nitrogens with two attached hydrogens (primary N) is 1. The fourth-order valence-electron chi connectivity index (χ4n) is 1.71. The molecule has 0 saturated heterocycles. The first-order valence-corrected chi connectivity index (χ1v) is 4.92. The molecule has 0 saturated carbocycles. The highest BCUT2D eigenvalue weighted by atomic mass is 16.3. The Morgan fingerprint density at radius 3 is 2.80 bits per heavy atom. The van der Waals surface area contributed by atoms with Crippen LogP contribution in [0.15, 0.2) is 29.0 Å². The Hall–Kier alpha value is -1.61. The van der Waals surface area contributed by atoms with Crippen molar-refractivity contribution in [1.82, 2.24) is 4.98 Å². The third-order valence-corrected chi connectivity index (χ3v) is 2.46. The van der Waals surface area contributed by atoms with E-state index in [4.69, 9.17) is 10.2 Å². The Morgan fingerprint density at radius 2 is 2.13 bits per heavy atom. The van der Waals surface area contributed by atoms with Crippen LogP contribution in [0.25, 0.3) is 11.3 Å². The molecule has 0 aliphatic rings. The van der Waals surface area contributed by atoms with Gasteiger partial charge in [0.25, 0.3) is 0 Å². The molecular formula is C12H14N2O. The predicted molar refractivity (Wildman–Crippen MR) is 59.3 cm³/mol. The molecule has 1 aromatic heterocycles. The van der Waals surface area contributed by atoms with Crippen LogP contribution in [0.3, 0.4) is 0 Å². The highest BCUT2D eigenvalue weighted by Gasteiger charge is 2.10. The summed E-state index contributed by atoms with van der Waals surface area (Å²) in [6.45, 7) is 4.52. The van der Waals surface area contributed by atoms with E-state index >= 15 is 0 Å². The van der Waals surface area contributed by atoms with Crippen molar-refractivity contribution in [2.24, 2.45) is 5.73 Å². The number of oxazole rings is 1. The van der Waals surface area contributed by atoms with Crippen LogP contribution in [-0.2, 0) is 6.54 Å². The second-order valence-electron chi connectivity index (χ2n) is 3.65. The van der Waals surface area contributed by atoms with Crippen LogP contribution < -0.4 is 5.73 Å². The molecule has 0 aliphatic carbocycles. The summed E-state index contributed by atoms with van der Waals surface area (Å²) in [7, 11) is 0. The number of benzene rings is 1. The SMILES string of the molecule is Cc1ccc(-c2ncoc2CN)c(C)c1. The fraction of sp³-hybridized carbons (Fsp3) is 0.250. The predicted octanol–water partition coefficient (Wildman–Crippen LogP) is 2.42. The molecule has 15 heavy (non-hydrogen) atoms. The van der Waals surface area contributed by atoms with Gasteiger partial charge in [-0.1, -0.05) is 23.8 Å². The van der Waals surface area contributed by atoms with Crippen LogP contribution in [0.5, 0.6) is 0 Å². The summed E-state index contributed by atoms with van der Waals surface area (Å²) >= 11 is 0. The summed E-state index contributed by atoms with van der Waals surface area (Å²) in [5.74, 6) is 0.738. The van der Waals surface area contributed by atoms with Crippen molar-refractivity contribution in [3.8, 4) is 11.3 Å². The van der Waals surface area contributed by atoms with E-state index in [1.54, 1.807) is 0 Å². The third kappa shape index (κ3) is 1.78. The zero-order chi connectivity index (χ0) is 10.8. The molecule has 3 heteroatoms. The van der Waals surface area contributed by atoms with E-state index in [0.717, 1.165) is 17.0 Å². The van der Waals surface area contributed by atoms with Crippen molar-refractivity contribution in [3.05, 3.63) is 41.5 Å². The summed E-state index contributed by atoms with van der Waals surface area (Å²) in [5, 5.41) is 0. The van der Waals surface area contributed by atoms with E-state index in [1.807, 2.05) is 0 Å². The normalized spacial score (nSPS) is 10.6. The minimum atomic E-state index is 0.378. The van der Waals surface area contributed by atoms with Crippen LogP contribution in [0.1, 0.15) is 16.9 Å². The summed E-state index contributed by atoms with van der Waals surface area (Å²) in [6.07, 6.45) is 1.44. The number of aryl methyl sites for hydroxylation is 2. The Morgan fingerprint density at radius 1 is 1.33 bits per heavy atom. The molecule has 0 aliphatic heterocycles. The maximum absolute atomic E-state index is 5.58. The Kier molecular flexibility index (Phi) is 2.56. The molecule has 78 valence electrons. The van der Waals surface area contributed by atoms with E-state index in [2.05, 4.69) is 37.0 Å². The molecule has 2 aromatic rings. The van der Waals surface area contributed by atoms with E-state index in [9.17, 15) is 0 Å². The number of hydrogen-bond donors (Lipinski definition) is 1. The number of aromatic nitrogens is 1. The van der Waals surface area contributed by atoms with E-state index in [0.29, 0.717) is 6.54 Å². The lowest BCUT2D eigenvalue weighted by atomic mass is 10.0. The molecule has 0 atom stereocenters. The summed E-state index contributed by atoms with van der Waals surface area (Å²) < 4.78 is 5.22. The zero-order valence-corrected chi connectivity index (χ0v) is 8.95. The monoisotopic (exact) mass is 202 g/mol. The van der Waals surface area contributed by atoms with Crippen molar-refractivity contribution >= 4 is 0 Å². The summed E-state index contributed by atoms with van der Waals surface area (Å²) in [4.78, 5) is 4.20. The van der Waals surface area contributed by atoms with Gasteiger partial charge < -0.3 is 10.2 Å².